The molecule has 0 aliphatic carbocycles. The summed E-state index contributed by atoms with van der Waals surface area (Å²) in [5.41, 5.74) is 9.57. The predicted molar refractivity (Wildman–Crippen MR) is 81.4 cm³/mol. The van der Waals surface area contributed by atoms with Crippen molar-refractivity contribution in [2.45, 2.75) is 13.1 Å². The Morgan fingerprint density at radius 3 is 2.00 bits per heavy atom. The van der Waals surface area contributed by atoms with Crippen LogP contribution in [0.1, 0.15) is 11.1 Å². The van der Waals surface area contributed by atoms with Gasteiger partial charge in [-0.2, -0.15) is 0 Å². The molecule has 96 valence electrons. The minimum absolute atomic E-state index is 0.374. The molecule has 0 amide bonds. The van der Waals surface area contributed by atoms with Crippen LogP contribution in [0.4, 0.5) is 5.69 Å². The molecule has 0 saturated carbocycles. The van der Waals surface area contributed by atoms with Gasteiger partial charge in [0.2, 0.25) is 0 Å². The average Bonchev–Trinajstić information content (AvgIpc) is 2.82. The molecule has 3 nitrogen and oxygen atoms in total. The van der Waals surface area contributed by atoms with E-state index in [-0.39, 0.29) is 0 Å². The Morgan fingerprint density at radius 2 is 1.47 bits per heavy atom. The molecular weight excluding hydrogens is 254 g/mol. The number of fused-ring (bicyclic) bond motifs is 1. The van der Waals surface area contributed by atoms with Gasteiger partial charge in [-0.3, -0.25) is 0 Å². The first-order valence-electron chi connectivity index (χ1n) is 6.22. The standard InChI is InChI=1S/C15H15N3S/c16-15(19)18(14-8-2-1-3-9-14)17-10-12-6-4-5-7-13(12)11-17/h1-9H,10-11H2,(H2,16,19). The van der Waals surface area contributed by atoms with Gasteiger partial charge in [-0.05, 0) is 35.5 Å². The zero-order valence-corrected chi connectivity index (χ0v) is 11.3. The SMILES string of the molecule is NC(=S)N(c1ccccc1)N1Cc2ccccc2C1. The Hall–Kier alpha value is -1.91. The molecule has 1 heterocycles. The number of rotatable bonds is 2. The summed E-state index contributed by atoms with van der Waals surface area (Å²) in [6.45, 7) is 1.67. The van der Waals surface area contributed by atoms with Crippen LogP contribution in [-0.4, -0.2) is 10.1 Å². The summed E-state index contributed by atoms with van der Waals surface area (Å²) in [6, 6.07) is 18.4. The first-order chi connectivity index (χ1) is 9.25. The topological polar surface area (TPSA) is 32.5 Å². The van der Waals surface area contributed by atoms with Crippen LogP contribution in [0, 0.1) is 0 Å². The van der Waals surface area contributed by atoms with Gasteiger partial charge in [0.25, 0.3) is 0 Å². The molecule has 0 saturated heterocycles. The van der Waals surface area contributed by atoms with E-state index in [9.17, 15) is 0 Å². The van der Waals surface area contributed by atoms with Crippen LogP contribution in [0.3, 0.4) is 0 Å². The van der Waals surface area contributed by atoms with Crippen LogP contribution in [0.15, 0.2) is 54.6 Å². The molecule has 2 aromatic rings. The van der Waals surface area contributed by atoms with Crippen LogP contribution in [-0.2, 0) is 13.1 Å². The van der Waals surface area contributed by atoms with Gasteiger partial charge in [-0.15, -0.1) is 0 Å². The van der Waals surface area contributed by atoms with Crippen molar-refractivity contribution in [1.82, 2.24) is 5.01 Å². The summed E-state index contributed by atoms with van der Waals surface area (Å²) >= 11 is 5.21. The smallest absolute Gasteiger partial charge is 0.185 e. The van der Waals surface area contributed by atoms with Crippen molar-refractivity contribution in [3.05, 3.63) is 65.7 Å². The number of nitrogens with two attached hydrogens (primary N) is 1. The van der Waals surface area contributed by atoms with E-state index in [1.54, 1.807) is 0 Å². The number of nitrogens with zero attached hydrogens (tertiary/aromatic N) is 2. The molecule has 19 heavy (non-hydrogen) atoms. The number of para-hydroxylation sites is 1. The van der Waals surface area contributed by atoms with E-state index >= 15 is 0 Å². The van der Waals surface area contributed by atoms with Crippen LogP contribution in [0.5, 0.6) is 0 Å². The third kappa shape index (κ3) is 2.32. The molecule has 2 N–H and O–H groups in total. The quantitative estimate of drug-likeness (QED) is 0.850. The Morgan fingerprint density at radius 1 is 0.947 bits per heavy atom. The van der Waals surface area contributed by atoms with E-state index in [0.717, 1.165) is 18.8 Å². The molecule has 0 aromatic heterocycles. The number of benzene rings is 2. The van der Waals surface area contributed by atoms with Gasteiger partial charge in [-0.25, -0.2) is 10.0 Å². The minimum Gasteiger partial charge on any atom is -0.375 e. The molecule has 1 aliphatic rings. The van der Waals surface area contributed by atoms with E-state index in [2.05, 4.69) is 29.3 Å². The number of anilines is 1. The summed E-state index contributed by atoms with van der Waals surface area (Å²) in [5, 5.41) is 4.46. The molecule has 0 spiro atoms. The first-order valence-corrected chi connectivity index (χ1v) is 6.63. The fourth-order valence-electron chi connectivity index (χ4n) is 2.46. The predicted octanol–water partition coefficient (Wildman–Crippen LogP) is 2.67. The van der Waals surface area contributed by atoms with E-state index < -0.39 is 0 Å². The van der Waals surface area contributed by atoms with Gasteiger partial charge in [-0.1, -0.05) is 42.5 Å². The van der Waals surface area contributed by atoms with Crippen LogP contribution in [0.2, 0.25) is 0 Å². The summed E-state index contributed by atoms with van der Waals surface area (Å²) in [5.74, 6) is 0. The molecule has 4 heteroatoms. The zero-order chi connectivity index (χ0) is 13.2. The molecule has 1 aliphatic heterocycles. The molecule has 0 unspecified atom stereocenters. The lowest BCUT2D eigenvalue weighted by Gasteiger charge is -2.31. The van der Waals surface area contributed by atoms with E-state index in [0.29, 0.717) is 5.11 Å². The lowest BCUT2D eigenvalue weighted by molar-refractivity contribution is 0.297. The van der Waals surface area contributed by atoms with Crippen molar-refractivity contribution in [2.24, 2.45) is 5.73 Å². The summed E-state index contributed by atoms with van der Waals surface area (Å²) < 4.78 is 0. The lowest BCUT2D eigenvalue weighted by atomic mass is 10.1. The molecule has 2 aromatic carbocycles. The van der Waals surface area contributed by atoms with Crippen molar-refractivity contribution < 1.29 is 0 Å². The lowest BCUT2D eigenvalue weighted by Crippen LogP contribution is -2.46. The highest BCUT2D eigenvalue weighted by Gasteiger charge is 2.25. The summed E-state index contributed by atoms with van der Waals surface area (Å²) in [7, 11) is 0. The third-order valence-corrected chi connectivity index (χ3v) is 3.49. The molecule has 0 bridgehead atoms. The average molecular weight is 269 g/mol. The molecule has 0 radical (unpaired) electrons. The fourth-order valence-corrected chi connectivity index (χ4v) is 2.68. The van der Waals surface area contributed by atoms with Gasteiger partial charge < -0.3 is 5.73 Å². The van der Waals surface area contributed by atoms with E-state index in [4.69, 9.17) is 18.0 Å². The van der Waals surface area contributed by atoms with Gasteiger partial charge in [0, 0.05) is 13.1 Å². The van der Waals surface area contributed by atoms with Crippen LogP contribution < -0.4 is 10.7 Å². The molecule has 0 fully saturated rings. The number of hydrogen-bond donors (Lipinski definition) is 1. The van der Waals surface area contributed by atoms with Gasteiger partial charge >= 0.3 is 0 Å². The van der Waals surface area contributed by atoms with Crippen LogP contribution >= 0.6 is 12.2 Å². The maximum absolute atomic E-state index is 5.90. The van der Waals surface area contributed by atoms with Crippen molar-refractivity contribution in [3.8, 4) is 0 Å². The van der Waals surface area contributed by atoms with Gasteiger partial charge in [0.15, 0.2) is 5.11 Å². The molecule has 0 atom stereocenters. The monoisotopic (exact) mass is 269 g/mol. The highest BCUT2D eigenvalue weighted by molar-refractivity contribution is 7.80. The summed E-state index contributed by atoms with van der Waals surface area (Å²) in [6.07, 6.45) is 0. The maximum atomic E-state index is 5.90. The van der Waals surface area contributed by atoms with Crippen molar-refractivity contribution in [2.75, 3.05) is 5.01 Å². The van der Waals surface area contributed by atoms with Crippen molar-refractivity contribution in [3.63, 3.8) is 0 Å². The van der Waals surface area contributed by atoms with Crippen molar-refractivity contribution in [1.29, 1.82) is 0 Å². The Balaban J connectivity index is 1.91. The molecular formula is C15H15N3S. The third-order valence-electron chi connectivity index (χ3n) is 3.32. The Kier molecular flexibility index (Phi) is 3.19. The zero-order valence-electron chi connectivity index (χ0n) is 10.5. The highest BCUT2D eigenvalue weighted by atomic mass is 32.1. The Labute approximate surface area is 118 Å². The first kappa shape index (κ1) is 12.1. The summed E-state index contributed by atoms with van der Waals surface area (Å²) in [4.78, 5) is 0. The van der Waals surface area contributed by atoms with Crippen LogP contribution in [0.25, 0.3) is 0 Å². The molecule has 3 rings (SSSR count). The largest absolute Gasteiger partial charge is 0.375 e. The van der Waals surface area contributed by atoms with Gasteiger partial charge in [0.1, 0.15) is 0 Å². The second kappa shape index (κ2) is 4.99. The fraction of sp³-hybridized carbons (Fsp3) is 0.133. The minimum atomic E-state index is 0.374. The van der Waals surface area contributed by atoms with Gasteiger partial charge in [0.05, 0.1) is 5.69 Å². The highest BCUT2D eigenvalue weighted by Crippen LogP contribution is 2.27. The Bertz CT molecular complexity index is 572. The number of thiocarbonyl (C=S) groups is 1. The van der Waals surface area contributed by atoms with E-state index in [1.807, 2.05) is 35.3 Å². The van der Waals surface area contributed by atoms with E-state index in [1.165, 1.54) is 11.1 Å². The number of hydrogen-bond acceptors (Lipinski definition) is 2. The number of hydrazine groups is 1. The van der Waals surface area contributed by atoms with Crippen molar-refractivity contribution >= 4 is 23.0 Å². The maximum Gasteiger partial charge on any atom is 0.185 e. The normalized spacial score (nSPS) is 14.1. The second-order valence-electron chi connectivity index (χ2n) is 4.58. The second-order valence-corrected chi connectivity index (χ2v) is 5.00.